The SMILES string of the molecule is CCCC1CC1NCc1c(C)nn(C)c1C.Cl. The highest BCUT2D eigenvalue weighted by Crippen LogP contribution is 2.34. The third kappa shape index (κ3) is 3.23. The van der Waals surface area contributed by atoms with E-state index in [-0.39, 0.29) is 12.4 Å². The highest BCUT2D eigenvalue weighted by atomic mass is 35.5. The molecule has 2 unspecified atom stereocenters. The van der Waals surface area contributed by atoms with Crippen LogP contribution in [0.15, 0.2) is 0 Å². The number of rotatable bonds is 5. The van der Waals surface area contributed by atoms with Gasteiger partial charge in [0.25, 0.3) is 0 Å². The van der Waals surface area contributed by atoms with Crippen LogP contribution in [0.4, 0.5) is 0 Å². The molecule has 2 rings (SSSR count). The second-order valence-corrected chi connectivity index (χ2v) is 5.04. The van der Waals surface area contributed by atoms with Crippen LogP contribution >= 0.6 is 12.4 Å². The van der Waals surface area contributed by atoms with Crippen LogP contribution < -0.4 is 5.32 Å². The quantitative estimate of drug-likeness (QED) is 0.879. The van der Waals surface area contributed by atoms with Gasteiger partial charge in [0.1, 0.15) is 0 Å². The summed E-state index contributed by atoms with van der Waals surface area (Å²) in [6.07, 6.45) is 4.06. The minimum Gasteiger partial charge on any atom is -0.309 e. The molecule has 0 amide bonds. The average Bonchev–Trinajstić information content (AvgIpc) is 2.91. The molecule has 3 nitrogen and oxygen atoms in total. The molecule has 1 heterocycles. The van der Waals surface area contributed by atoms with E-state index in [4.69, 9.17) is 0 Å². The lowest BCUT2D eigenvalue weighted by Gasteiger charge is -2.04. The number of aromatic nitrogens is 2. The number of nitrogens with zero attached hydrogens (tertiary/aromatic N) is 2. The molecule has 1 fully saturated rings. The summed E-state index contributed by atoms with van der Waals surface area (Å²) in [4.78, 5) is 0. The Balaban J connectivity index is 0.00000144. The first kappa shape index (κ1) is 14.5. The van der Waals surface area contributed by atoms with Crippen molar-refractivity contribution in [3.05, 3.63) is 17.0 Å². The molecule has 0 saturated heterocycles. The summed E-state index contributed by atoms with van der Waals surface area (Å²) >= 11 is 0. The van der Waals surface area contributed by atoms with Crippen molar-refractivity contribution >= 4 is 12.4 Å². The molecule has 1 N–H and O–H groups in total. The molecule has 17 heavy (non-hydrogen) atoms. The monoisotopic (exact) mass is 257 g/mol. The summed E-state index contributed by atoms with van der Waals surface area (Å²) in [5.41, 5.74) is 3.84. The maximum Gasteiger partial charge on any atom is 0.0641 e. The predicted octanol–water partition coefficient (Wildman–Crippen LogP) is 2.74. The Hall–Kier alpha value is -0.540. The fraction of sp³-hybridized carbons (Fsp3) is 0.769. The zero-order valence-electron chi connectivity index (χ0n) is 11.3. The van der Waals surface area contributed by atoms with Crippen LogP contribution in [0.3, 0.4) is 0 Å². The summed E-state index contributed by atoms with van der Waals surface area (Å²) in [5, 5.41) is 8.09. The molecule has 0 bridgehead atoms. The van der Waals surface area contributed by atoms with Crippen LogP contribution in [-0.2, 0) is 13.6 Å². The first-order valence-corrected chi connectivity index (χ1v) is 6.36. The predicted molar refractivity (Wildman–Crippen MR) is 73.6 cm³/mol. The lowest BCUT2D eigenvalue weighted by Crippen LogP contribution is -2.18. The van der Waals surface area contributed by atoms with Gasteiger partial charge in [-0.3, -0.25) is 4.68 Å². The highest BCUT2D eigenvalue weighted by molar-refractivity contribution is 5.85. The van der Waals surface area contributed by atoms with Gasteiger partial charge in [-0.15, -0.1) is 12.4 Å². The fourth-order valence-electron chi connectivity index (χ4n) is 2.49. The molecule has 2 atom stereocenters. The number of hydrogen-bond donors (Lipinski definition) is 1. The largest absolute Gasteiger partial charge is 0.309 e. The van der Waals surface area contributed by atoms with Gasteiger partial charge in [-0.2, -0.15) is 5.10 Å². The maximum atomic E-state index is 4.44. The Morgan fingerprint density at radius 2 is 2.12 bits per heavy atom. The Labute approximate surface area is 110 Å². The molecule has 0 radical (unpaired) electrons. The summed E-state index contributed by atoms with van der Waals surface area (Å²) in [7, 11) is 2.02. The second kappa shape index (κ2) is 5.87. The molecule has 1 aromatic rings. The summed E-state index contributed by atoms with van der Waals surface area (Å²) in [6.45, 7) is 7.50. The molecular formula is C13H24ClN3. The number of nitrogens with one attached hydrogen (secondary N) is 1. The molecule has 1 aliphatic rings. The fourth-order valence-corrected chi connectivity index (χ4v) is 2.49. The second-order valence-electron chi connectivity index (χ2n) is 5.04. The number of hydrogen-bond acceptors (Lipinski definition) is 2. The molecule has 1 aliphatic carbocycles. The van der Waals surface area contributed by atoms with E-state index in [9.17, 15) is 0 Å². The Kier molecular flexibility index (Phi) is 5.02. The van der Waals surface area contributed by atoms with E-state index in [1.54, 1.807) is 0 Å². The normalized spacial score (nSPS) is 22.4. The maximum absolute atomic E-state index is 4.44. The molecule has 0 aliphatic heterocycles. The van der Waals surface area contributed by atoms with Crippen molar-refractivity contribution in [2.75, 3.05) is 0 Å². The zero-order valence-corrected chi connectivity index (χ0v) is 12.1. The summed E-state index contributed by atoms with van der Waals surface area (Å²) in [6, 6.07) is 0.763. The molecule has 1 saturated carbocycles. The van der Waals surface area contributed by atoms with E-state index in [0.717, 1.165) is 18.5 Å². The van der Waals surface area contributed by atoms with Gasteiger partial charge >= 0.3 is 0 Å². The van der Waals surface area contributed by atoms with E-state index in [1.165, 1.54) is 36.2 Å². The standard InChI is InChI=1S/C13H23N3.ClH/c1-5-6-11-7-13(11)14-8-12-9(2)15-16(4)10(12)3;/h11,13-14H,5-8H2,1-4H3;1H. The van der Waals surface area contributed by atoms with Gasteiger partial charge < -0.3 is 5.32 Å². The third-order valence-corrected chi connectivity index (χ3v) is 3.78. The van der Waals surface area contributed by atoms with Gasteiger partial charge in [0.05, 0.1) is 5.69 Å². The van der Waals surface area contributed by atoms with Crippen molar-refractivity contribution in [1.29, 1.82) is 0 Å². The van der Waals surface area contributed by atoms with Crippen molar-refractivity contribution in [3.63, 3.8) is 0 Å². The Bertz CT molecular complexity index is 373. The minimum atomic E-state index is 0. The van der Waals surface area contributed by atoms with E-state index >= 15 is 0 Å². The van der Waals surface area contributed by atoms with E-state index in [0.29, 0.717) is 0 Å². The van der Waals surface area contributed by atoms with Crippen LogP contribution in [0, 0.1) is 19.8 Å². The first-order valence-electron chi connectivity index (χ1n) is 6.36. The molecule has 4 heteroatoms. The van der Waals surface area contributed by atoms with Gasteiger partial charge in [0, 0.05) is 30.9 Å². The van der Waals surface area contributed by atoms with Crippen molar-refractivity contribution in [2.24, 2.45) is 13.0 Å². The van der Waals surface area contributed by atoms with Gasteiger partial charge in [0.15, 0.2) is 0 Å². The molecule has 1 aromatic heterocycles. The Morgan fingerprint density at radius 1 is 1.41 bits per heavy atom. The van der Waals surface area contributed by atoms with Gasteiger partial charge in [0.2, 0.25) is 0 Å². The molecule has 0 aromatic carbocycles. The Morgan fingerprint density at radius 3 is 2.65 bits per heavy atom. The van der Waals surface area contributed by atoms with Crippen LogP contribution in [-0.4, -0.2) is 15.8 Å². The van der Waals surface area contributed by atoms with Crippen molar-refractivity contribution < 1.29 is 0 Å². The van der Waals surface area contributed by atoms with Crippen molar-refractivity contribution in [1.82, 2.24) is 15.1 Å². The third-order valence-electron chi connectivity index (χ3n) is 3.78. The number of aryl methyl sites for hydroxylation is 2. The number of halogens is 1. The summed E-state index contributed by atoms with van der Waals surface area (Å²) < 4.78 is 1.97. The van der Waals surface area contributed by atoms with E-state index in [1.807, 2.05) is 11.7 Å². The van der Waals surface area contributed by atoms with Crippen LogP contribution in [0.5, 0.6) is 0 Å². The minimum absolute atomic E-state index is 0. The average molecular weight is 258 g/mol. The molecular weight excluding hydrogens is 234 g/mol. The lowest BCUT2D eigenvalue weighted by atomic mass is 10.2. The van der Waals surface area contributed by atoms with Crippen LogP contribution in [0.2, 0.25) is 0 Å². The summed E-state index contributed by atoms with van der Waals surface area (Å²) in [5.74, 6) is 0.933. The molecule has 98 valence electrons. The highest BCUT2D eigenvalue weighted by Gasteiger charge is 2.35. The van der Waals surface area contributed by atoms with Crippen molar-refractivity contribution in [3.8, 4) is 0 Å². The van der Waals surface area contributed by atoms with Crippen molar-refractivity contribution in [2.45, 2.75) is 52.6 Å². The zero-order chi connectivity index (χ0) is 11.7. The smallest absolute Gasteiger partial charge is 0.0641 e. The lowest BCUT2D eigenvalue weighted by molar-refractivity contribution is 0.597. The van der Waals surface area contributed by atoms with Gasteiger partial charge in [-0.25, -0.2) is 0 Å². The van der Waals surface area contributed by atoms with Gasteiger partial charge in [-0.1, -0.05) is 13.3 Å². The molecule has 0 spiro atoms. The first-order chi connectivity index (χ1) is 7.63. The van der Waals surface area contributed by atoms with Crippen LogP contribution in [0.25, 0.3) is 0 Å². The van der Waals surface area contributed by atoms with E-state index < -0.39 is 0 Å². The van der Waals surface area contributed by atoms with Gasteiger partial charge in [-0.05, 0) is 32.6 Å². The van der Waals surface area contributed by atoms with Crippen LogP contribution in [0.1, 0.15) is 43.1 Å². The topological polar surface area (TPSA) is 29.9 Å². The van der Waals surface area contributed by atoms with E-state index in [2.05, 4.69) is 31.2 Å².